The highest BCUT2D eigenvalue weighted by Crippen LogP contribution is 2.51. The molecule has 5 nitrogen and oxygen atoms in total. The number of carbonyl (C=O) groups excluding carboxylic acids is 2. The third kappa shape index (κ3) is 3.82. The Bertz CT molecular complexity index is 1020. The zero-order valence-electron chi connectivity index (χ0n) is 18.6. The van der Waals surface area contributed by atoms with Crippen LogP contribution in [0.1, 0.15) is 63.4 Å². The van der Waals surface area contributed by atoms with Gasteiger partial charge in [-0.3, -0.25) is 9.59 Å². The summed E-state index contributed by atoms with van der Waals surface area (Å²) >= 11 is 6.58. The number of hydrogen-bond donors (Lipinski definition) is 0. The van der Waals surface area contributed by atoms with Crippen molar-refractivity contribution in [3.8, 4) is 23.8 Å². The minimum absolute atomic E-state index is 0.0619. The molecule has 0 saturated heterocycles. The van der Waals surface area contributed by atoms with Crippen LogP contribution in [0, 0.1) is 12.3 Å². The largest absolute Gasteiger partial charge is 0.493 e. The Labute approximate surface area is 194 Å². The second-order valence-electron chi connectivity index (χ2n) is 8.39. The van der Waals surface area contributed by atoms with E-state index in [1.165, 1.54) is 7.11 Å². The number of ketones is 2. The molecule has 1 aromatic carbocycles. The van der Waals surface area contributed by atoms with Gasteiger partial charge in [-0.25, -0.2) is 0 Å². The monoisotopic (exact) mass is 453 g/mol. The van der Waals surface area contributed by atoms with Crippen LogP contribution in [0.25, 0.3) is 0 Å². The van der Waals surface area contributed by atoms with Crippen LogP contribution in [-0.2, 0) is 9.59 Å². The van der Waals surface area contributed by atoms with Crippen molar-refractivity contribution in [3.05, 3.63) is 45.3 Å². The summed E-state index contributed by atoms with van der Waals surface area (Å²) in [5, 5.41) is 0.349. The first-order valence-electron chi connectivity index (χ1n) is 11.3. The molecule has 0 bridgehead atoms. The van der Waals surface area contributed by atoms with Gasteiger partial charge < -0.3 is 14.4 Å². The SMILES string of the molecule is C#CCOc1c(Cl)cc(C2C3=C(CCCC3=O)N(CCC)C3=C2C(=O)CCC3)cc1OC. The van der Waals surface area contributed by atoms with Crippen molar-refractivity contribution in [2.75, 3.05) is 20.3 Å². The maximum absolute atomic E-state index is 13.3. The molecule has 0 unspecified atom stereocenters. The van der Waals surface area contributed by atoms with E-state index in [4.69, 9.17) is 27.5 Å². The van der Waals surface area contributed by atoms with Gasteiger partial charge in [-0.15, -0.1) is 6.42 Å². The van der Waals surface area contributed by atoms with E-state index < -0.39 is 5.92 Å². The van der Waals surface area contributed by atoms with Crippen molar-refractivity contribution < 1.29 is 19.1 Å². The van der Waals surface area contributed by atoms with Gasteiger partial charge >= 0.3 is 0 Å². The van der Waals surface area contributed by atoms with Gasteiger partial charge in [-0.2, -0.15) is 0 Å². The molecular weight excluding hydrogens is 426 g/mol. The van der Waals surface area contributed by atoms with Gasteiger partial charge in [0.2, 0.25) is 0 Å². The van der Waals surface area contributed by atoms with Crippen molar-refractivity contribution in [1.82, 2.24) is 4.90 Å². The summed E-state index contributed by atoms with van der Waals surface area (Å²) in [7, 11) is 1.54. The summed E-state index contributed by atoms with van der Waals surface area (Å²) in [5.41, 5.74) is 4.42. The average Bonchev–Trinajstić information content (AvgIpc) is 2.78. The summed E-state index contributed by atoms with van der Waals surface area (Å²) in [4.78, 5) is 28.8. The normalized spacial score (nSPS) is 19.0. The zero-order chi connectivity index (χ0) is 22.8. The third-order valence-electron chi connectivity index (χ3n) is 6.42. The van der Waals surface area contributed by atoms with Crippen molar-refractivity contribution >= 4 is 23.2 Å². The highest BCUT2D eigenvalue weighted by Gasteiger charge is 2.43. The Balaban J connectivity index is 1.93. The van der Waals surface area contributed by atoms with Crippen LogP contribution in [-0.4, -0.2) is 36.7 Å². The van der Waals surface area contributed by atoms with Crippen LogP contribution in [0.3, 0.4) is 0 Å². The Morgan fingerprint density at radius 2 is 1.72 bits per heavy atom. The number of Topliss-reactive ketones (excluding diaryl/α,β-unsaturated/α-hetero) is 2. The van der Waals surface area contributed by atoms with Gasteiger partial charge in [0.25, 0.3) is 0 Å². The number of allylic oxidation sites excluding steroid dienone is 4. The predicted molar refractivity (Wildman–Crippen MR) is 124 cm³/mol. The molecule has 0 radical (unpaired) electrons. The van der Waals surface area contributed by atoms with E-state index in [-0.39, 0.29) is 18.2 Å². The fraction of sp³-hybridized carbons (Fsp3) is 0.462. The lowest BCUT2D eigenvalue weighted by molar-refractivity contribution is -0.117. The summed E-state index contributed by atoms with van der Waals surface area (Å²) in [6.45, 7) is 3.00. The van der Waals surface area contributed by atoms with Crippen LogP contribution >= 0.6 is 11.6 Å². The maximum Gasteiger partial charge on any atom is 0.181 e. The molecule has 1 heterocycles. The number of nitrogens with zero attached hydrogens (tertiary/aromatic N) is 1. The molecule has 0 spiro atoms. The summed E-state index contributed by atoms with van der Waals surface area (Å²) < 4.78 is 11.1. The number of hydrogen-bond acceptors (Lipinski definition) is 5. The predicted octanol–water partition coefficient (Wildman–Crippen LogP) is 5.18. The van der Waals surface area contributed by atoms with Crippen LogP contribution < -0.4 is 9.47 Å². The molecule has 6 heteroatoms. The minimum Gasteiger partial charge on any atom is -0.493 e. The molecule has 0 amide bonds. The second kappa shape index (κ2) is 9.42. The van der Waals surface area contributed by atoms with Gasteiger partial charge in [-0.1, -0.05) is 24.4 Å². The molecule has 2 aliphatic carbocycles. The summed E-state index contributed by atoms with van der Waals surface area (Å²) in [6, 6.07) is 3.62. The van der Waals surface area contributed by atoms with Crippen molar-refractivity contribution in [2.45, 2.75) is 57.8 Å². The number of benzene rings is 1. The fourth-order valence-electron chi connectivity index (χ4n) is 5.20. The average molecular weight is 454 g/mol. The van der Waals surface area contributed by atoms with Gasteiger partial charge in [-0.05, 0) is 49.8 Å². The van der Waals surface area contributed by atoms with Crippen molar-refractivity contribution in [1.29, 1.82) is 0 Å². The van der Waals surface area contributed by atoms with E-state index in [1.54, 1.807) is 6.07 Å². The number of methoxy groups -OCH3 is 1. The molecule has 3 aliphatic rings. The second-order valence-corrected chi connectivity index (χ2v) is 8.79. The molecule has 0 saturated carbocycles. The molecule has 0 fully saturated rings. The van der Waals surface area contributed by atoms with Gasteiger partial charge in [0.15, 0.2) is 23.1 Å². The smallest absolute Gasteiger partial charge is 0.181 e. The van der Waals surface area contributed by atoms with Crippen LogP contribution in [0.2, 0.25) is 5.02 Å². The Kier molecular flexibility index (Phi) is 6.62. The van der Waals surface area contributed by atoms with Crippen molar-refractivity contribution in [3.63, 3.8) is 0 Å². The first-order chi connectivity index (χ1) is 15.5. The topological polar surface area (TPSA) is 55.8 Å². The molecule has 1 aromatic rings. The van der Waals surface area contributed by atoms with Crippen LogP contribution in [0.5, 0.6) is 11.5 Å². The quantitative estimate of drug-likeness (QED) is 0.555. The highest BCUT2D eigenvalue weighted by atomic mass is 35.5. The van der Waals surface area contributed by atoms with Gasteiger partial charge in [0.05, 0.1) is 12.1 Å². The number of carbonyl (C=O) groups is 2. The van der Waals surface area contributed by atoms with Crippen LogP contribution in [0.15, 0.2) is 34.7 Å². The van der Waals surface area contributed by atoms with Gasteiger partial charge in [0.1, 0.15) is 6.61 Å². The lowest BCUT2D eigenvalue weighted by atomic mass is 9.71. The summed E-state index contributed by atoms with van der Waals surface area (Å²) in [5.74, 6) is 3.04. The van der Waals surface area contributed by atoms with Crippen molar-refractivity contribution in [2.24, 2.45) is 0 Å². The molecule has 1 aliphatic heterocycles. The number of rotatable bonds is 6. The number of halogens is 1. The molecule has 32 heavy (non-hydrogen) atoms. The molecule has 4 rings (SSSR count). The van der Waals surface area contributed by atoms with E-state index in [2.05, 4.69) is 17.7 Å². The van der Waals surface area contributed by atoms with E-state index in [9.17, 15) is 9.59 Å². The standard InChI is InChI=1S/C26H28ClNO4/c1-4-12-28-18-8-6-10-20(29)24(18)23(25-19(28)9-7-11-21(25)30)16-14-17(27)26(32-13-5-2)22(15-16)31-3/h2,14-15,23H,4,6-13H2,1,3H3. The molecule has 0 atom stereocenters. The van der Waals surface area contributed by atoms with E-state index in [0.717, 1.165) is 66.8 Å². The molecule has 0 aromatic heterocycles. The minimum atomic E-state index is -0.429. The zero-order valence-corrected chi connectivity index (χ0v) is 19.4. The first-order valence-corrected chi connectivity index (χ1v) is 11.6. The van der Waals surface area contributed by atoms with E-state index in [0.29, 0.717) is 29.4 Å². The van der Waals surface area contributed by atoms with E-state index >= 15 is 0 Å². The fourth-order valence-corrected chi connectivity index (χ4v) is 5.48. The Hall–Kier alpha value is -2.71. The Morgan fingerprint density at radius 3 is 2.25 bits per heavy atom. The highest BCUT2D eigenvalue weighted by molar-refractivity contribution is 6.32. The van der Waals surface area contributed by atoms with Gasteiger partial charge in [0, 0.05) is 47.8 Å². The first kappa shape index (κ1) is 22.5. The lowest BCUT2D eigenvalue weighted by Crippen LogP contribution is -2.39. The molecule has 168 valence electrons. The molecule has 0 N–H and O–H groups in total. The molecular formula is C26H28ClNO4. The maximum atomic E-state index is 13.3. The van der Waals surface area contributed by atoms with E-state index in [1.807, 2.05) is 6.07 Å². The number of terminal acetylenes is 1. The van der Waals surface area contributed by atoms with Crippen LogP contribution in [0.4, 0.5) is 0 Å². The summed E-state index contributed by atoms with van der Waals surface area (Å²) in [6.07, 6.45) is 10.6. The Morgan fingerprint density at radius 1 is 1.09 bits per heavy atom. The third-order valence-corrected chi connectivity index (χ3v) is 6.70. The number of ether oxygens (including phenoxy) is 2. The lowest BCUT2D eigenvalue weighted by Gasteiger charge is -2.44.